The quantitative estimate of drug-likeness (QED) is 0.0538. The van der Waals surface area contributed by atoms with Crippen molar-refractivity contribution in [2.24, 2.45) is 0 Å². The van der Waals surface area contributed by atoms with Crippen molar-refractivity contribution >= 4 is 50.6 Å². The van der Waals surface area contributed by atoms with Crippen LogP contribution in [0.4, 0.5) is 5.95 Å². The van der Waals surface area contributed by atoms with Gasteiger partial charge in [0.1, 0.15) is 11.6 Å². The molecule has 2 aromatic heterocycles. The van der Waals surface area contributed by atoms with Crippen LogP contribution in [-0.4, -0.2) is 90.6 Å². The Morgan fingerprint density at radius 3 is 2.26 bits per heavy atom. The van der Waals surface area contributed by atoms with E-state index in [-0.39, 0.29) is 53.6 Å². The van der Waals surface area contributed by atoms with E-state index < -0.39 is 39.9 Å². The average molecular weight is 809 g/mol. The van der Waals surface area contributed by atoms with Gasteiger partial charge in [-0.25, -0.2) is 13.4 Å². The standard InChI is InChI=1S/C39H52N8O9S/c1-5-17-56-18-7-13-41-34(49)11-10-33(48)40-12-6-16-47-24-30(35(50)29-9-8-28(21-32(29)47)22-45-39-42-14-15-43-39)37(51)44-23-31(38(52)53)46-57(54,55)36-26(3)19-25(2)20-27(36)4/h8-9,14-15,19-21,24,31,46H,5-7,10-13,16-18,22-23H2,1-4H3,(H,40,48)(H,41,49)(H,44,51)(H,52,53)(H2,42,43,45). The van der Waals surface area contributed by atoms with Crippen molar-refractivity contribution in [3.05, 3.63) is 87.0 Å². The van der Waals surface area contributed by atoms with Crippen LogP contribution in [0.3, 0.4) is 0 Å². The van der Waals surface area contributed by atoms with Gasteiger partial charge in [0.25, 0.3) is 5.91 Å². The van der Waals surface area contributed by atoms with Gasteiger partial charge in [-0.1, -0.05) is 30.7 Å². The number of pyridine rings is 1. The molecule has 57 heavy (non-hydrogen) atoms. The maximum absolute atomic E-state index is 13.7. The number of fused-ring (bicyclic) bond motifs is 1. The second-order valence-electron chi connectivity index (χ2n) is 13.7. The van der Waals surface area contributed by atoms with Gasteiger partial charge in [0, 0.05) is 82.8 Å². The highest BCUT2D eigenvalue weighted by Crippen LogP contribution is 2.22. The van der Waals surface area contributed by atoms with Gasteiger partial charge in [0.2, 0.25) is 27.3 Å². The minimum absolute atomic E-state index is 0.00714. The predicted octanol–water partition coefficient (Wildman–Crippen LogP) is 2.64. The molecule has 0 radical (unpaired) electrons. The zero-order valence-corrected chi connectivity index (χ0v) is 33.5. The van der Waals surface area contributed by atoms with E-state index in [1.54, 1.807) is 61.1 Å². The summed E-state index contributed by atoms with van der Waals surface area (Å²) in [6.45, 7) is 8.96. The lowest BCUT2D eigenvalue weighted by atomic mass is 10.1. The number of imidazole rings is 1. The van der Waals surface area contributed by atoms with Gasteiger partial charge in [0.15, 0.2) is 5.95 Å². The number of aryl methyl sites for hydroxylation is 4. The Hall–Kier alpha value is -5.59. The number of aliphatic carboxylic acids is 1. The highest BCUT2D eigenvalue weighted by Gasteiger charge is 2.29. The molecule has 0 fully saturated rings. The molecule has 2 heterocycles. The number of sulfonamides is 1. The van der Waals surface area contributed by atoms with Crippen molar-refractivity contribution in [3.63, 3.8) is 0 Å². The van der Waals surface area contributed by atoms with Crippen LogP contribution in [0.1, 0.15) is 71.6 Å². The summed E-state index contributed by atoms with van der Waals surface area (Å²) in [4.78, 5) is 71.1. The Balaban J connectivity index is 1.45. The molecule has 1 unspecified atom stereocenters. The first-order valence-corrected chi connectivity index (χ1v) is 20.3. The van der Waals surface area contributed by atoms with Crippen molar-refractivity contribution in [1.82, 2.24) is 35.2 Å². The van der Waals surface area contributed by atoms with Gasteiger partial charge in [-0.3, -0.25) is 24.0 Å². The summed E-state index contributed by atoms with van der Waals surface area (Å²) in [5, 5.41) is 21.3. The number of anilines is 1. The molecule has 18 heteroatoms. The van der Waals surface area contributed by atoms with E-state index in [9.17, 15) is 37.5 Å². The molecule has 0 saturated heterocycles. The van der Waals surface area contributed by atoms with Crippen LogP contribution in [0.2, 0.25) is 0 Å². The van der Waals surface area contributed by atoms with E-state index in [4.69, 9.17) is 4.74 Å². The SMILES string of the molecule is CCCOCCCNC(=O)CCC(=O)NCCCn1cc(C(=O)NCC(NS(=O)(=O)c2c(C)cc(C)cc2C)C(=O)O)c(=O)c2ccc(CNc3ncc[nH]3)cc21. The average Bonchev–Trinajstić information content (AvgIpc) is 3.68. The molecule has 0 saturated carbocycles. The summed E-state index contributed by atoms with van der Waals surface area (Å²) in [5.74, 6) is -2.40. The van der Waals surface area contributed by atoms with Crippen molar-refractivity contribution in [2.45, 2.75) is 83.8 Å². The maximum atomic E-state index is 13.7. The third kappa shape index (κ3) is 13.0. The third-order valence-corrected chi connectivity index (χ3v) is 10.7. The molecule has 0 aliphatic heterocycles. The van der Waals surface area contributed by atoms with Crippen molar-refractivity contribution < 1.29 is 37.4 Å². The number of rotatable bonds is 23. The molecule has 0 spiro atoms. The first-order chi connectivity index (χ1) is 27.2. The molecule has 4 rings (SSSR count). The molecule has 308 valence electrons. The van der Waals surface area contributed by atoms with E-state index in [2.05, 4.69) is 36.0 Å². The van der Waals surface area contributed by atoms with Gasteiger partial charge < -0.3 is 40.7 Å². The molecule has 0 aliphatic carbocycles. The van der Waals surface area contributed by atoms with Gasteiger partial charge in [0.05, 0.1) is 10.4 Å². The summed E-state index contributed by atoms with van der Waals surface area (Å²) >= 11 is 0. The lowest BCUT2D eigenvalue weighted by Gasteiger charge is -2.19. The summed E-state index contributed by atoms with van der Waals surface area (Å²) in [7, 11) is -4.31. The monoisotopic (exact) mass is 808 g/mol. The number of nitrogens with one attached hydrogen (secondary N) is 6. The van der Waals surface area contributed by atoms with Crippen LogP contribution in [0.25, 0.3) is 10.9 Å². The molecular weight excluding hydrogens is 757 g/mol. The summed E-state index contributed by atoms with van der Waals surface area (Å²) < 4.78 is 35.9. The number of hydrogen-bond acceptors (Lipinski definition) is 10. The summed E-state index contributed by atoms with van der Waals surface area (Å²) in [6, 6.07) is 6.72. The van der Waals surface area contributed by atoms with Crippen LogP contribution in [0.15, 0.2) is 58.6 Å². The molecule has 17 nitrogen and oxygen atoms in total. The molecule has 2 aromatic carbocycles. The van der Waals surface area contributed by atoms with Gasteiger partial charge in [-0.2, -0.15) is 4.72 Å². The minimum atomic E-state index is -4.31. The molecule has 7 N–H and O–H groups in total. The highest BCUT2D eigenvalue weighted by atomic mass is 32.2. The molecule has 0 aliphatic rings. The molecular formula is C39H52N8O9S. The first kappa shape index (κ1) is 44.1. The molecule has 3 amide bonds. The predicted molar refractivity (Wildman–Crippen MR) is 214 cm³/mol. The number of nitrogens with zero attached hydrogens (tertiary/aromatic N) is 2. The topological polar surface area (TPSA) is 243 Å². The molecule has 1 atom stereocenters. The van der Waals surface area contributed by atoms with Gasteiger partial charge in [-0.15, -0.1) is 0 Å². The van der Waals surface area contributed by atoms with Gasteiger partial charge in [-0.05, 0) is 68.9 Å². The van der Waals surface area contributed by atoms with E-state index in [1.165, 1.54) is 6.20 Å². The zero-order chi connectivity index (χ0) is 41.5. The minimum Gasteiger partial charge on any atom is -0.480 e. The number of hydrogen-bond donors (Lipinski definition) is 7. The van der Waals surface area contributed by atoms with E-state index in [0.29, 0.717) is 61.7 Å². The fraction of sp³-hybridized carbons (Fsp3) is 0.436. The van der Waals surface area contributed by atoms with Crippen molar-refractivity contribution in [1.29, 1.82) is 0 Å². The maximum Gasteiger partial charge on any atom is 0.323 e. The number of ether oxygens (including phenoxy) is 1. The number of benzene rings is 2. The lowest BCUT2D eigenvalue weighted by molar-refractivity contribution is -0.138. The van der Waals surface area contributed by atoms with E-state index in [0.717, 1.165) is 17.5 Å². The normalized spacial score (nSPS) is 11.9. The van der Waals surface area contributed by atoms with Gasteiger partial charge >= 0.3 is 5.97 Å². The molecule has 0 bridgehead atoms. The number of carboxylic acid groups (broad SMARTS) is 1. The fourth-order valence-corrected chi connectivity index (χ4v) is 7.92. The fourth-order valence-electron chi connectivity index (χ4n) is 6.28. The third-order valence-electron chi connectivity index (χ3n) is 8.90. The number of aromatic amines is 1. The Morgan fingerprint density at radius 2 is 1.63 bits per heavy atom. The highest BCUT2D eigenvalue weighted by molar-refractivity contribution is 7.89. The Labute approximate surface area is 331 Å². The number of H-pyrrole nitrogens is 1. The number of carbonyl (C=O) groups is 4. The molecule has 4 aromatic rings. The van der Waals surface area contributed by atoms with E-state index in [1.807, 2.05) is 13.8 Å². The number of carbonyl (C=O) groups excluding carboxylic acids is 3. The van der Waals surface area contributed by atoms with E-state index >= 15 is 0 Å². The van der Waals surface area contributed by atoms with Crippen LogP contribution in [-0.2, 0) is 42.2 Å². The largest absolute Gasteiger partial charge is 0.480 e. The van der Waals surface area contributed by atoms with Crippen LogP contribution < -0.4 is 31.4 Å². The number of amides is 3. The first-order valence-electron chi connectivity index (χ1n) is 18.8. The van der Waals surface area contributed by atoms with Crippen LogP contribution >= 0.6 is 0 Å². The Morgan fingerprint density at radius 1 is 0.947 bits per heavy atom. The number of aromatic nitrogens is 3. The van der Waals surface area contributed by atoms with Crippen LogP contribution in [0.5, 0.6) is 0 Å². The lowest BCUT2D eigenvalue weighted by Crippen LogP contribution is -2.49. The van der Waals surface area contributed by atoms with Crippen molar-refractivity contribution in [2.75, 3.05) is 38.2 Å². The Kier molecular flexibility index (Phi) is 16.3. The smallest absolute Gasteiger partial charge is 0.323 e. The second kappa shape index (κ2) is 21.1. The van der Waals surface area contributed by atoms with Crippen LogP contribution in [0, 0.1) is 20.8 Å². The zero-order valence-electron chi connectivity index (χ0n) is 32.7. The Bertz CT molecular complexity index is 2180. The second-order valence-corrected chi connectivity index (χ2v) is 15.3. The summed E-state index contributed by atoms with van der Waals surface area (Å²) in [5.41, 5.74) is 2.14. The summed E-state index contributed by atoms with van der Waals surface area (Å²) in [6.07, 6.45) is 6.68. The number of carboxylic acids is 1. The van der Waals surface area contributed by atoms with Crippen molar-refractivity contribution in [3.8, 4) is 0 Å².